The molecule has 36 heavy (non-hydrogen) atoms. The van der Waals surface area contributed by atoms with Crippen LogP contribution in [0.5, 0.6) is 11.5 Å². The van der Waals surface area contributed by atoms with Gasteiger partial charge in [-0.15, -0.1) is 12.4 Å². The topological polar surface area (TPSA) is 95.2 Å². The number of pyridine rings is 1. The van der Waals surface area contributed by atoms with E-state index in [1.54, 1.807) is 30.5 Å². The molecule has 1 saturated heterocycles. The summed E-state index contributed by atoms with van der Waals surface area (Å²) in [6.45, 7) is 1.89. The van der Waals surface area contributed by atoms with Gasteiger partial charge in [0.2, 0.25) is 5.95 Å². The third-order valence-electron chi connectivity index (χ3n) is 6.00. The number of hydrogen-bond acceptors (Lipinski definition) is 7. The molecular formula is C25H25BrClFN6O2. The molecule has 1 aliphatic heterocycles. The average Bonchev–Trinajstić information content (AvgIpc) is 2.87. The van der Waals surface area contributed by atoms with E-state index in [1.807, 2.05) is 19.2 Å². The zero-order chi connectivity index (χ0) is 24.4. The normalized spacial score (nSPS) is 13.8. The van der Waals surface area contributed by atoms with Gasteiger partial charge in [-0.1, -0.05) is 6.07 Å². The third kappa shape index (κ3) is 5.61. The third-order valence-corrected chi connectivity index (χ3v) is 6.61. The lowest BCUT2D eigenvalue weighted by Crippen LogP contribution is -2.42. The lowest BCUT2D eigenvalue weighted by molar-refractivity contribution is 0.440. The fourth-order valence-electron chi connectivity index (χ4n) is 4.12. The molecule has 0 bridgehead atoms. The molecule has 0 amide bonds. The Labute approximate surface area is 221 Å². The van der Waals surface area contributed by atoms with Crippen molar-refractivity contribution in [2.24, 2.45) is 0 Å². The monoisotopic (exact) mass is 574 g/mol. The SMILES string of the molecule is CN(c1nc(Nc2ccc(Oc3cccc(F)c3)cc2)c2c(=O)[nH]cc(Br)c2n1)C1CCNCC1.Cl. The minimum absolute atomic E-state index is 0. The van der Waals surface area contributed by atoms with Crippen LogP contribution in [-0.2, 0) is 0 Å². The van der Waals surface area contributed by atoms with Crippen LogP contribution in [0.25, 0.3) is 10.9 Å². The Balaban J connectivity index is 0.00000304. The summed E-state index contributed by atoms with van der Waals surface area (Å²) in [6.07, 6.45) is 3.57. The van der Waals surface area contributed by atoms with Gasteiger partial charge in [0.05, 0.1) is 9.99 Å². The second kappa shape index (κ2) is 11.2. The maximum absolute atomic E-state index is 13.4. The maximum Gasteiger partial charge on any atom is 0.261 e. The van der Waals surface area contributed by atoms with Gasteiger partial charge in [0, 0.05) is 31.0 Å². The Kier molecular flexibility index (Phi) is 8.07. The van der Waals surface area contributed by atoms with E-state index in [0.717, 1.165) is 25.9 Å². The van der Waals surface area contributed by atoms with Gasteiger partial charge < -0.3 is 25.3 Å². The van der Waals surface area contributed by atoms with Gasteiger partial charge in [-0.25, -0.2) is 9.37 Å². The largest absolute Gasteiger partial charge is 0.457 e. The summed E-state index contributed by atoms with van der Waals surface area (Å²) in [6, 6.07) is 13.4. The molecule has 3 N–H and O–H groups in total. The standard InChI is InChI=1S/C25H24BrFN6O2.ClH/c1-33(17-9-11-28-12-10-17)25-31-22-20(26)14-29-24(34)21(22)23(32-25)30-16-5-7-18(8-6-16)35-19-4-2-3-15(27)13-19;/h2-8,13-14,17,28H,9-12H2,1H3,(H,29,34)(H,30,31,32);1H. The first-order valence-electron chi connectivity index (χ1n) is 11.3. The lowest BCUT2D eigenvalue weighted by Gasteiger charge is -2.32. The number of H-pyrrole nitrogens is 1. The van der Waals surface area contributed by atoms with Crippen LogP contribution in [-0.4, -0.2) is 41.1 Å². The van der Waals surface area contributed by atoms with Crippen LogP contribution in [0.1, 0.15) is 12.8 Å². The van der Waals surface area contributed by atoms with Crippen LogP contribution in [0.4, 0.5) is 21.8 Å². The summed E-state index contributed by atoms with van der Waals surface area (Å²) >= 11 is 3.52. The number of piperidine rings is 1. The van der Waals surface area contributed by atoms with Gasteiger partial charge in [0.15, 0.2) is 0 Å². The van der Waals surface area contributed by atoms with Crippen molar-refractivity contribution >= 4 is 56.7 Å². The van der Waals surface area contributed by atoms with E-state index in [2.05, 4.69) is 36.4 Å². The fraction of sp³-hybridized carbons (Fsp3) is 0.240. The predicted molar refractivity (Wildman–Crippen MR) is 146 cm³/mol. The highest BCUT2D eigenvalue weighted by Gasteiger charge is 2.22. The van der Waals surface area contributed by atoms with E-state index in [1.165, 1.54) is 12.1 Å². The molecule has 2 aromatic heterocycles. The van der Waals surface area contributed by atoms with Crippen LogP contribution in [0.3, 0.4) is 0 Å². The molecular weight excluding hydrogens is 551 g/mol. The molecule has 8 nitrogen and oxygen atoms in total. The Morgan fingerprint density at radius 2 is 1.86 bits per heavy atom. The zero-order valence-corrected chi connectivity index (χ0v) is 21.8. The van der Waals surface area contributed by atoms with Crippen molar-refractivity contribution < 1.29 is 9.13 Å². The Morgan fingerprint density at radius 3 is 2.58 bits per heavy atom. The smallest absolute Gasteiger partial charge is 0.261 e. The van der Waals surface area contributed by atoms with Crippen LogP contribution in [0, 0.1) is 5.82 Å². The van der Waals surface area contributed by atoms with Gasteiger partial charge in [0.25, 0.3) is 5.56 Å². The van der Waals surface area contributed by atoms with Crippen LogP contribution >= 0.6 is 28.3 Å². The van der Waals surface area contributed by atoms with Crippen LogP contribution in [0.15, 0.2) is 64.0 Å². The molecule has 1 aliphatic rings. The fourth-order valence-corrected chi connectivity index (χ4v) is 4.52. The second-order valence-corrected chi connectivity index (χ2v) is 9.22. The first kappa shape index (κ1) is 25.9. The number of hydrogen-bond donors (Lipinski definition) is 3. The molecule has 0 saturated carbocycles. The summed E-state index contributed by atoms with van der Waals surface area (Å²) in [7, 11) is 1.99. The van der Waals surface area contributed by atoms with Crippen molar-refractivity contribution in [3.05, 3.63) is 75.4 Å². The summed E-state index contributed by atoms with van der Waals surface area (Å²) in [5.41, 5.74) is 0.965. The molecule has 11 heteroatoms. The molecule has 4 aromatic rings. The first-order valence-corrected chi connectivity index (χ1v) is 12.1. The number of rotatable bonds is 6. The van der Waals surface area contributed by atoms with Gasteiger partial charge in [0.1, 0.15) is 28.5 Å². The summed E-state index contributed by atoms with van der Waals surface area (Å²) in [5, 5.41) is 7.00. The summed E-state index contributed by atoms with van der Waals surface area (Å²) in [5.74, 6) is 1.56. The van der Waals surface area contributed by atoms with E-state index in [9.17, 15) is 9.18 Å². The number of benzene rings is 2. The van der Waals surface area contributed by atoms with Crippen molar-refractivity contribution in [3.8, 4) is 11.5 Å². The van der Waals surface area contributed by atoms with E-state index in [0.29, 0.717) is 50.4 Å². The number of fused-ring (bicyclic) bond motifs is 1. The van der Waals surface area contributed by atoms with Crippen molar-refractivity contribution in [3.63, 3.8) is 0 Å². The summed E-state index contributed by atoms with van der Waals surface area (Å²) < 4.78 is 19.8. The quantitative estimate of drug-likeness (QED) is 0.285. The molecule has 0 unspecified atom stereocenters. The van der Waals surface area contributed by atoms with E-state index in [-0.39, 0.29) is 23.8 Å². The molecule has 0 aliphatic carbocycles. The molecule has 2 aromatic carbocycles. The summed E-state index contributed by atoms with van der Waals surface area (Å²) in [4.78, 5) is 27.0. The highest BCUT2D eigenvalue weighted by molar-refractivity contribution is 9.10. The van der Waals surface area contributed by atoms with Crippen molar-refractivity contribution in [1.82, 2.24) is 20.3 Å². The lowest BCUT2D eigenvalue weighted by atomic mass is 10.1. The number of aromatic amines is 1. The van der Waals surface area contributed by atoms with E-state index >= 15 is 0 Å². The Hall–Kier alpha value is -3.21. The molecule has 3 heterocycles. The number of aromatic nitrogens is 3. The van der Waals surface area contributed by atoms with Gasteiger partial charge in [-0.2, -0.15) is 4.98 Å². The molecule has 0 atom stereocenters. The van der Waals surface area contributed by atoms with Crippen molar-refractivity contribution in [2.45, 2.75) is 18.9 Å². The Morgan fingerprint density at radius 1 is 1.11 bits per heavy atom. The Bertz CT molecular complexity index is 1410. The maximum atomic E-state index is 13.4. The highest BCUT2D eigenvalue weighted by atomic mass is 79.9. The predicted octanol–water partition coefficient (Wildman–Crippen LogP) is 5.37. The van der Waals surface area contributed by atoms with Gasteiger partial charge >= 0.3 is 0 Å². The highest BCUT2D eigenvalue weighted by Crippen LogP contribution is 2.30. The molecule has 188 valence electrons. The number of ether oxygens (including phenoxy) is 1. The number of anilines is 3. The minimum Gasteiger partial charge on any atom is -0.457 e. The number of nitrogens with zero attached hydrogens (tertiary/aromatic N) is 3. The second-order valence-electron chi connectivity index (χ2n) is 8.36. The van der Waals surface area contributed by atoms with Gasteiger partial charge in [-0.05, 0) is 78.3 Å². The minimum atomic E-state index is -0.363. The average molecular weight is 576 g/mol. The van der Waals surface area contributed by atoms with Crippen molar-refractivity contribution in [1.29, 1.82) is 0 Å². The van der Waals surface area contributed by atoms with Crippen LogP contribution < -0.4 is 25.8 Å². The molecule has 0 spiro atoms. The van der Waals surface area contributed by atoms with E-state index in [4.69, 9.17) is 14.7 Å². The molecule has 0 radical (unpaired) electrons. The van der Waals surface area contributed by atoms with Gasteiger partial charge in [-0.3, -0.25) is 4.79 Å². The van der Waals surface area contributed by atoms with Crippen LogP contribution in [0.2, 0.25) is 0 Å². The first-order chi connectivity index (χ1) is 17.0. The van der Waals surface area contributed by atoms with Crippen molar-refractivity contribution in [2.75, 3.05) is 30.4 Å². The number of nitrogens with one attached hydrogen (secondary N) is 3. The molecule has 1 fully saturated rings. The molecule has 5 rings (SSSR count). The zero-order valence-electron chi connectivity index (χ0n) is 19.4. The number of halogens is 3. The van der Waals surface area contributed by atoms with E-state index < -0.39 is 0 Å².